The predicted molar refractivity (Wildman–Crippen MR) is 97.0 cm³/mol. The van der Waals surface area contributed by atoms with E-state index in [4.69, 9.17) is 11.6 Å². The summed E-state index contributed by atoms with van der Waals surface area (Å²) in [6.07, 6.45) is 3.14. The van der Waals surface area contributed by atoms with Crippen LogP contribution in [0.5, 0.6) is 0 Å². The summed E-state index contributed by atoms with van der Waals surface area (Å²) < 4.78 is -0.680. The topological polar surface area (TPSA) is 102 Å². The molecular weight excluding hydrogens is 401 g/mol. The second-order valence-electron chi connectivity index (χ2n) is 6.56. The van der Waals surface area contributed by atoms with Gasteiger partial charge < -0.3 is 25.4 Å². The maximum absolute atomic E-state index is 12.3. The number of halogens is 1. The number of urea groups is 1. The number of thioether (sulfide) groups is 1. The van der Waals surface area contributed by atoms with E-state index in [0.717, 1.165) is 5.56 Å². The van der Waals surface area contributed by atoms with Crippen molar-refractivity contribution in [3.05, 3.63) is 41.1 Å². The number of hydrogen-bond acceptors (Lipinski definition) is 5. The molecule has 2 unspecified atom stereocenters. The van der Waals surface area contributed by atoms with E-state index in [2.05, 4.69) is 10.6 Å². The maximum atomic E-state index is 12.3. The van der Waals surface area contributed by atoms with Crippen LogP contribution in [0.2, 0.25) is 5.02 Å². The smallest absolute Gasteiger partial charge is 0.548 e. The summed E-state index contributed by atoms with van der Waals surface area (Å²) in [6.45, 7) is 3.49. The fourth-order valence-electron chi connectivity index (χ4n) is 3.10. The first-order valence-corrected chi connectivity index (χ1v) is 9.16. The molecule has 2 N–H and O–H groups in total. The molecule has 2 aliphatic heterocycles. The first kappa shape index (κ1) is 22.1. The van der Waals surface area contributed by atoms with Crippen LogP contribution in [0, 0.1) is 0 Å². The van der Waals surface area contributed by atoms with Crippen molar-refractivity contribution in [3.63, 3.8) is 0 Å². The number of rotatable bonds is 4. The van der Waals surface area contributed by atoms with E-state index in [0.29, 0.717) is 5.02 Å². The van der Waals surface area contributed by atoms with Crippen LogP contribution < -0.4 is 45.3 Å². The van der Waals surface area contributed by atoms with Crippen LogP contribution in [0.25, 0.3) is 6.08 Å². The minimum Gasteiger partial charge on any atom is -0.548 e. The third kappa shape index (κ3) is 4.46. The number of carbonyl (C=O) groups excluding carboxylic acids is 3. The molecular formula is C17H17ClN3NaO4S. The molecule has 0 bridgehead atoms. The fourth-order valence-corrected chi connectivity index (χ4v) is 4.84. The third-order valence-electron chi connectivity index (χ3n) is 4.31. The van der Waals surface area contributed by atoms with Gasteiger partial charge in [-0.2, -0.15) is 0 Å². The third-order valence-corrected chi connectivity index (χ3v) is 6.13. The van der Waals surface area contributed by atoms with Crippen LogP contribution in [0.3, 0.4) is 0 Å². The molecule has 7 nitrogen and oxygen atoms in total. The van der Waals surface area contributed by atoms with Gasteiger partial charge in [0.25, 0.3) is 0 Å². The first-order chi connectivity index (χ1) is 12.2. The zero-order valence-corrected chi connectivity index (χ0v) is 18.6. The summed E-state index contributed by atoms with van der Waals surface area (Å²) >= 11 is 7.14. The van der Waals surface area contributed by atoms with Gasteiger partial charge in [0.15, 0.2) is 0 Å². The number of benzene rings is 1. The Morgan fingerprint density at radius 3 is 2.52 bits per heavy atom. The van der Waals surface area contributed by atoms with Gasteiger partial charge in [-0.3, -0.25) is 4.79 Å². The number of aliphatic carboxylic acids is 1. The number of nitrogens with one attached hydrogen (secondary N) is 2. The fraction of sp³-hybridized carbons (Fsp3) is 0.353. The molecule has 1 aromatic rings. The molecule has 138 valence electrons. The van der Waals surface area contributed by atoms with E-state index in [-0.39, 0.29) is 29.6 Å². The Labute approximate surface area is 188 Å². The van der Waals surface area contributed by atoms with E-state index < -0.39 is 40.1 Å². The molecule has 27 heavy (non-hydrogen) atoms. The Bertz CT molecular complexity index is 787. The quantitative estimate of drug-likeness (QED) is 0.427. The van der Waals surface area contributed by atoms with Crippen molar-refractivity contribution < 1.29 is 49.0 Å². The zero-order valence-electron chi connectivity index (χ0n) is 15.1. The SMILES string of the molecule is CC1(C)SC2C(NC(=O)N/C=C/c3ccc(Cl)cc3)C(=O)N2[C@H]1C(=O)[O-].[Na+]. The van der Waals surface area contributed by atoms with Crippen molar-refractivity contribution in [2.75, 3.05) is 0 Å². The largest absolute Gasteiger partial charge is 1.00 e. The predicted octanol–water partition coefficient (Wildman–Crippen LogP) is -2.21. The van der Waals surface area contributed by atoms with Gasteiger partial charge in [0, 0.05) is 16.0 Å². The summed E-state index contributed by atoms with van der Waals surface area (Å²) in [5.74, 6) is -1.70. The number of carboxylic acids is 1. The minimum absolute atomic E-state index is 0. The van der Waals surface area contributed by atoms with Crippen molar-refractivity contribution >= 4 is 47.3 Å². The molecule has 2 fully saturated rings. The van der Waals surface area contributed by atoms with E-state index in [1.807, 2.05) is 0 Å². The molecule has 0 spiro atoms. The number of nitrogens with zero attached hydrogens (tertiary/aromatic N) is 1. The van der Waals surface area contributed by atoms with Crippen LogP contribution in [-0.2, 0) is 9.59 Å². The number of carbonyl (C=O) groups is 3. The van der Waals surface area contributed by atoms with Gasteiger partial charge >= 0.3 is 35.6 Å². The molecule has 0 aromatic heterocycles. The summed E-state index contributed by atoms with van der Waals surface area (Å²) in [7, 11) is 0. The van der Waals surface area contributed by atoms with Crippen molar-refractivity contribution in [2.45, 2.75) is 36.1 Å². The zero-order chi connectivity index (χ0) is 19.1. The minimum atomic E-state index is -1.29. The molecule has 3 amide bonds. The molecule has 0 aliphatic carbocycles. The van der Waals surface area contributed by atoms with Crippen molar-refractivity contribution in [2.24, 2.45) is 0 Å². The van der Waals surface area contributed by atoms with Crippen LogP contribution in [0.1, 0.15) is 19.4 Å². The molecule has 2 heterocycles. The normalized spacial score (nSPS) is 25.4. The molecule has 3 atom stereocenters. The van der Waals surface area contributed by atoms with E-state index in [1.54, 1.807) is 44.2 Å². The number of fused-ring (bicyclic) bond motifs is 1. The Kier molecular flexibility index (Phi) is 6.91. The van der Waals surface area contributed by atoms with Crippen LogP contribution in [-0.4, -0.2) is 45.0 Å². The van der Waals surface area contributed by atoms with Gasteiger partial charge in [-0.25, -0.2) is 4.79 Å². The van der Waals surface area contributed by atoms with Crippen LogP contribution >= 0.6 is 23.4 Å². The second kappa shape index (κ2) is 8.45. The first-order valence-electron chi connectivity index (χ1n) is 7.91. The average molecular weight is 418 g/mol. The van der Waals surface area contributed by atoms with Gasteiger partial charge in [0.1, 0.15) is 11.4 Å². The number of hydrogen-bond donors (Lipinski definition) is 2. The summed E-state index contributed by atoms with van der Waals surface area (Å²) in [6, 6.07) is 4.75. The Morgan fingerprint density at radius 1 is 1.30 bits per heavy atom. The Morgan fingerprint density at radius 2 is 1.93 bits per heavy atom. The van der Waals surface area contributed by atoms with Crippen LogP contribution in [0.4, 0.5) is 4.79 Å². The summed E-state index contributed by atoms with van der Waals surface area (Å²) in [5, 5.41) is 16.7. The standard InChI is InChI=1S/C17H18ClN3O4S.Na/c1-17(2)12(15(23)24)21-13(22)11(14(21)26-17)20-16(25)19-8-7-9-3-5-10(18)6-4-9;/h3-8,11-12,14H,1-2H3,(H,23,24)(H2,19,20,25);/q;+1/p-1/b8-7+;/t11?,12-,14?;/m0./s1. The van der Waals surface area contributed by atoms with Gasteiger partial charge in [-0.05, 0) is 37.6 Å². The van der Waals surface area contributed by atoms with E-state index in [9.17, 15) is 19.5 Å². The Hall–Kier alpha value is -1.19. The van der Waals surface area contributed by atoms with Crippen molar-refractivity contribution in [3.8, 4) is 0 Å². The number of β-lactam (4-membered cyclic amide) rings is 1. The van der Waals surface area contributed by atoms with Crippen LogP contribution in [0.15, 0.2) is 30.5 Å². The second-order valence-corrected chi connectivity index (χ2v) is 8.77. The molecule has 10 heteroatoms. The summed E-state index contributed by atoms with van der Waals surface area (Å²) in [5.41, 5.74) is 0.852. The summed E-state index contributed by atoms with van der Waals surface area (Å²) in [4.78, 5) is 36.9. The molecule has 1 aromatic carbocycles. The van der Waals surface area contributed by atoms with E-state index in [1.165, 1.54) is 22.9 Å². The molecule has 2 aliphatic rings. The number of amides is 3. The van der Waals surface area contributed by atoms with Gasteiger partial charge in [-0.1, -0.05) is 23.7 Å². The average Bonchev–Trinajstić information content (AvgIpc) is 2.83. The van der Waals surface area contributed by atoms with Gasteiger partial charge in [0.05, 0.1) is 12.0 Å². The monoisotopic (exact) mass is 417 g/mol. The molecule has 3 rings (SSSR count). The maximum Gasteiger partial charge on any atom is 1.00 e. The van der Waals surface area contributed by atoms with Gasteiger partial charge in [-0.15, -0.1) is 11.8 Å². The Balaban J connectivity index is 0.00000261. The van der Waals surface area contributed by atoms with Crippen molar-refractivity contribution in [1.29, 1.82) is 0 Å². The molecule has 0 radical (unpaired) electrons. The molecule has 0 saturated carbocycles. The van der Waals surface area contributed by atoms with E-state index >= 15 is 0 Å². The van der Waals surface area contributed by atoms with Crippen molar-refractivity contribution in [1.82, 2.24) is 15.5 Å². The van der Waals surface area contributed by atoms with Gasteiger partial charge in [0.2, 0.25) is 5.91 Å². The number of carboxylic acid groups (broad SMARTS) is 1. The molecule has 2 saturated heterocycles.